The maximum absolute atomic E-state index is 12.9. The Labute approximate surface area is 154 Å². The van der Waals surface area contributed by atoms with Gasteiger partial charge in [-0.2, -0.15) is 0 Å². The molecule has 2 atom stereocenters. The minimum absolute atomic E-state index is 0.219. The first-order valence-electron chi connectivity index (χ1n) is 8.77. The van der Waals surface area contributed by atoms with Crippen LogP contribution < -0.4 is 15.0 Å². The summed E-state index contributed by atoms with van der Waals surface area (Å²) < 4.78 is 5.65. The van der Waals surface area contributed by atoms with E-state index in [1.165, 1.54) is 4.90 Å². The molecule has 3 rings (SSSR count). The van der Waals surface area contributed by atoms with Crippen molar-refractivity contribution in [3.63, 3.8) is 0 Å². The van der Waals surface area contributed by atoms with Crippen LogP contribution >= 0.6 is 0 Å². The number of nitrogens with zero attached hydrogens (tertiary/aromatic N) is 1. The van der Waals surface area contributed by atoms with Crippen LogP contribution in [-0.2, 0) is 9.59 Å². The van der Waals surface area contributed by atoms with Crippen molar-refractivity contribution in [3.8, 4) is 5.75 Å². The van der Waals surface area contributed by atoms with Gasteiger partial charge in [-0.05, 0) is 57.9 Å². The van der Waals surface area contributed by atoms with Gasteiger partial charge in [0.15, 0.2) is 6.10 Å². The molecule has 0 radical (unpaired) electrons. The van der Waals surface area contributed by atoms with E-state index in [9.17, 15) is 9.59 Å². The Balaban J connectivity index is 1.90. The van der Waals surface area contributed by atoms with Crippen molar-refractivity contribution in [2.45, 2.75) is 46.8 Å². The summed E-state index contributed by atoms with van der Waals surface area (Å²) in [6, 6.07) is 10.7. The Kier molecular flexibility index (Phi) is 4.72. The number of anilines is 2. The number of hydrogen-bond acceptors (Lipinski definition) is 3. The first kappa shape index (κ1) is 18.0. The molecular formula is C21H24N2O3. The highest BCUT2D eigenvalue weighted by molar-refractivity contribution is 6.08. The summed E-state index contributed by atoms with van der Waals surface area (Å²) in [4.78, 5) is 27.1. The van der Waals surface area contributed by atoms with E-state index in [1.807, 2.05) is 51.1 Å². The van der Waals surface area contributed by atoms with Gasteiger partial charge in [0, 0.05) is 5.69 Å². The van der Waals surface area contributed by atoms with E-state index >= 15 is 0 Å². The molecule has 1 N–H and O–H groups in total. The van der Waals surface area contributed by atoms with Crippen molar-refractivity contribution in [3.05, 3.63) is 53.1 Å². The van der Waals surface area contributed by atoms with Crippen molar-refractivity contribution in [1.82, 2.24) is 0 Å². The number of rotatable bonds is 3. The number of ether oxygens (including phenoxy) is 1. The quantitative estimate of drug-likeness (QED) is 0.915. The van der Waals surface area contributed by atoms with Gasteiger partial charge in [-0.25, -0.2) is 0 Å². The van der Waals surface area contributed by atoms with Gasteiger partial charge < -0.3 is 10.1 Å². The van der Waals surface area contributed by atoms with E-state index in [0.717, 1.165) is 22.4 Å². The highest BCUT2D eigenvalue weighted by Gasteiger charge is 2.37. The van der Waals surface area contributed by atoms with E-state index in [2.05, 4.69) is 5.32 Å². The number of nitrogens with one attached hydrogen (secondary N) is 1. The second-order valence-corrected chi connectivity index (χ2v) is 6.87. The minimum Gasteiger partial charge on any atom is -0.479 e. The fraction of sp³-hybridized carbons (Fsp3) is 0.333. The second kappa shape index (κ2) is 6.83. The lowest BCUT2D eigenvalue weighted by Crippen LogP contribution is -2.52. The third-order valence-electron chi connectivity index (χ3n) is 4.71. The zero-order chi connectivity index (χ0) is 19.0. The monoisotopic (exact) mass is 352 g/mol. The number of amides is 2. The number of carbonyl (C=O) groups is 2. The first-order chi connectivity index (χ1) is 12.3. The smallest absolute Gasteiger partial charge is 0.268 e. The highest BCUT2D eigenvalue weighted by Crippen LogP contribution is 2.35. The normalized spacial score (nSPS) is 17.3. The number of benzene rings is 2. The lowest BCUT2D eigenvalue weighted by Gasteiger charge is -2.36. The zero-order valence-corrected chi connectivity index (χ0v) is 15.8. The molecule has 0 aromatic heterocycles. The number of para-hydroxylation sites is 2. The molecule has 136 valence electrons. The molecule has 0 aliphatic carbocycles. The predicted octanol–water partition coefficient (Wildman–Crippen LogP) is 3.75. The van der Waals surface area contributed by atoms with Crippen molar-refractivity contribution in [2.24, 2.45) is 0 Å². The van der Waals surface area contributed by atoms with Crippen LogP contribution in [0, 0.1) is 20.8 Å². The molecule has 1 aliphatic heterocycles. The zero-order valence-electron chi connectivity index (χ0n) is 15.8. The molecule has 0 saturated carbocycles. The van der Waals surface area contributed by atoms with Crippen molar-refractivity contribution >= 4 is 23.2 Å². The SMILES string of the molecule is Cc1cc(C)c(NC(=O)C(C)N2C(=O)C(C)Oc3ccccc32)c(C)c1. The average molecular weight is 352 g/mol. The van der Waals surface area contributed by atoms with Crippen LogP contribution in [0.5, 0.6) is 5.75 Å². The van der Waals surface area contributed by atoms with Crippen LogP contribution in [0.2, 0.25) is 0 Å². The Hall–Kier alpha value is -2.82. The Morgan fingerprint density at radius 3 is 2.42 bits per heavy atom. The van der Waals surface area contributed by atoms with Crippen molar-refractivity contribution in [1.29, 1.82) is 0 Å². The molecule has 0 spiro atoms. The fourth-order valence-electron chi connectivity index (χ4n) is 3.43. The first-order valence-corrected chi connectivity index (χ1v) is 8.77. The molecule has 1 heterocycles. The summed E-state index contributed by atoms with van der Waals surface area (Å²) in [5.41, 5.74) is 4.58. The molecule has 5 nitrogen and oxygen atoms in total. The van der Waals surface area contributed by atoms with Gasteiger partial charge in [0.05, 0.1) is 5.69 Å². The van der Waals surface area contributed by atoms with Crippen LogP contribution in [-0.4, -0.2) is 24.0 Å². The van der Waals surface area contributed by atoms with Crippen LogP contribution in [0.1, 0.15) is 30.5 Å². The summed E-state index contributed by atoms with van der Waals surface area (Å²) in [5, 5.41) is 3.00. The Bertz CT molecular complexity index is 852. The molecule has 26 heavy (non-hydrogen) atoms. The van der Waals surface area contributed by atoms with E-state index in [-0.39, 0.29) is 11.8 Å². The van der Waals surface area contributed by atoms with Crippen LogP contribution in [0.25, 0.3) is 0 Å². The number of hydrogen-bond donors (Lipinski definition) is 1. The maximum Gasteiger partial charge on any atom is 0.268 e. The molecule has 0 saturated heterocycles. The molecule has 5 heteroatoms. The largest absolute Gasteiger partial charge is 0.479 e. The molecule has 1 aliphatic rings. The Morgan fingerprint density at radius 2 is 1.77 bits per heavy atom. The number of carbonyl (C=O) groups excluding carboxylic acids is 2. The fourth-order valence-corrected chi connectivity index (χ4v) is 3.43. The van der Waals surface area contributed by atoms with Gasteiger partial charge in [-0.1, -0.05) is 29.8 Å². The van der Waals surface area contributed by atoms with Gasteiger partial charge in [-0.3, -0.25) is 14.5 Å². The van der Waals surface area contributed by atoms with E-state index in [1.54, 1.807) is 19.9 Å². The predicted molar refractivity (Wildman–Crippen MR) is 103 cm³/mol. The van der Waals surface area contributed by atoms with Crippen molar-refractivity contribution in [2.75, 3.05) is 10.2 Å². The van der Waals surface area contributed by atoms with Crippen LogP contribution in [0.3, 0.4) is 0 Å². The molecule has 0 bridgehead atoms. The number of fused-ring (bicyclic) bond motifs is 1. The van der Waals surface area contributed by atoms with Gasteiger partial charge >= 0.3 is 0 Å². The summed E-state index contributed by atoms with van der Waals surface area (Å²) in [6.45, 7) is 9.40. The molecule has 0 fully saturated rings. The summed E-state index contributed by atoms with van der Waals surface area (Å²) >= 11 is 0. The third-order valence-corrected chi connectivity index (χ3v) is 4.71. The summed E-state index contributed by atoms with van der Waals surface area (Å²) in [5.74, 6) is 0.169. The Morgan fingerprint density at radius 1 is 1.15 bits per heavy atom. The topological polar surface area (TPSA) is 58.6 Å². The lowest BCUT2D eigenvalue weighted by atomic mass is 10.0. The average Bonchev–Trinajstić information content (AvgIpc) is 2.58. The van der Waals surface area contributed by atoms with Crippen LogP contribution in [0.4, 0.5) is 11.4 Å². The second-order valence-electron chi connectivity index (χ2n) is 6.87. The van der Waals surface area contributed by atoms with E-state index in [0.29, 0.717) is 11.4 Å². The maximum atomic E-state index is 12.9. The van der Waals surface area contributed by atoms with Gasteiger partial charge in [0.1, 0.15) is 11.8 Å². The standard InChI is InChI=1S/C21H24N2O3/c1-12-10-13(2)19(14(3)11-12)22-20(24)15(4)23-17-8-6-7-9-18(17)26-16(5)21(23)25/h6-11,15-16H,1-5H3,(H,22,24). The van der Waals surface area contributed by atoms with Crippen LogP contribution in [0.15, 0.2) is 36.4 Å². The third kappa shape index (κ3) is 3.17. The lowest BCUT2D eigenvalue weighted by molar-refractivity contribution is -0.128. The van der Waals surface area contributed by atoms with Crippen molar-refractivity contribution < 1.29 is 14.3 Å². The number of aryl methyl sites for hydroxylation is 3. The molecule has 2 unspecified atom stereocenters. The van der Waals surface area contributed by atoms with Gasteiger partial charge in [0.2, 0.25) is 5.91 Å². The molecule has 2 amide bonds. The van der Waals surface area contributed by atoms with Gasteiger partial charge in [0.25, 0.3) is 5.91 Å². The molecular weight excluding hydrogens is 328 g/mol. The molecule has 2 aromatic carbocycles. The van der Waals surface area contributed by atoms with E-state index < -0.39 is 12.1 Å². The van der Waals surface area contributed by atoms with Gasteiger partial charge in [-0.15, -0.1) is 0 Å². The highest BCUT2D eigenvalue weighted by atomic mass is 16.5. The summed E-state index contributed by atoms with van der Waals surface area (Å²) in [6.07, 6.45) is -0.622. The van der Waals surface area contributed by atoms with E-state index in [4.69, 9.17) is 4.74 Å². The summed E-state index contributed by atoms with van der Waals surface area (Å²) in [7, 11) is 0. The molecule has 2 aromatic rings. The minimum atomic E-state index is -0.657.